The van der Waals surface area contributed by atoms with E-state index in [1.54, 1.807) is 6.07 Å². The van der Waals surface area contributed by atoms with Gasteiger partial charge in [-0.15, -0.1) is 0 Å². The molecule has 2 aliphatic carbocycles. The number of hydrogen-bond acceptors (Lipinski definition) is 5. The van der Waals surface area contributed by atoms with Crippen molar-refractivity contribution in [3.05, 3.63) is 47.1 Å². The fourth-order valence-electron chi connectivity index (χ4n) is 7.36. The maximum atomic E-state index is 11.9. The molecule has 7 heteroatoms. The number of allylic oxidation sites excluding steroid dienone is 4. The van der Waals surface area contributed by atoms with Gasteiger partial charge in [-0.2, -0.15) is 8.42 Å². The molecule has 0 heterocycles. The molecule has 3 N–H and O–H groups in total. The lowest BCUT2D eigenvalue weighted by molar-refractivity contribution is -0.0517. The van der Waals surface area contributed by atoms with Gasteiger partial charge in [0.2, 0.25) is 0 Å². The summed E-state index contributed by atoms with van der Waals surface area (Å²) in [6, 6.07) is 4.52. The molecule has 38 heavy (non-hydrogen) atoms. The molecule has 0 radical (unpaired) electrons. The van der Waals surface area contributed by atoms with E-state index < -0.39 is 16.5 Å². The van der Waals surface area contributed by atoms with Crippen molar-refractivity contribution in [2.75, 3.05) is 0 Å². The highest BCUT2D eigenvalue weighted by Crippen LogP contribution is 2.60. The minimum atomic E-state index is -4.57. The Morgan fingerprint density at radius 2 is 1.92 bits per heavy atom. The minimum absolute atomic E-state index is 0.0479. The zero-order valence-corrected chi connectivity index (χ0v) is 24.9. The van der Waals surface area contributed by atoms with E-state index in [4.69, 9.17) is 4.18 Å². The normalized spacial score (nSPS) is 27.3. The minimum Gasteiger partial charge on any atom is -0.508 e. The maximum Gasteiger partial charge on any atom is 0.397 e. The number of hydrogen-bond donors (Lipinski definition) is 3. The van der Waals surface area contributed by atoms with Crippen LogP contribution in [0.1, 0.15) is 98.5 Å². The van der Waals surface area contributed by atoms with Crippen molar-refractivity contribution < 1.29 is 27.4 Å². The predicted octanol–water partition coefficient (Wildman–Crippen LogP) is 7.77. The Bertz CT molecular complexity index is 1140. The third kappa shape index (κ3) is 7.64. The van der Waals surface area contributed by atoms with Gasteiger partial charge in [0.1, 0.15) is 11.5 Å². The number of aromatic hydroxyl groups is 2. The number of benzene rings is 1. The van der Waals surface area contributed by atoms with Crippen molar-refractivity contribution >= 4 is 10.4 Å². The van der Waals surface area contributed by atoms with E-state index in [-0.39, 0.29) is 34.2 Å². The Balaban J connectivity index is 1.67. The van der Waals surface area contributed by atoms with Gasteiger partial charge < -0.3 is 10.2 Å². The van der Waals surface area contributed by atoms with E-state index in [9.17, 15) is 23.2 Å². The van der Waals surface area contributed by atoms with Gasteiger partial charge in [-0.3, -0.25) is 4.55 Å². The highest BCUT2D eigenvalue weighted by molar-refractivity contribution is 7.80. The Labute approximate surface area is 230 Å². The molecule has 1 aromatic carbocycles. The van der Waals surface area contributed by atoms with Crippen LogP contribution < -0.4 is 0 Å². The van der Waals surface area contributed by atoms with E-state index >= 15 is 0 Å². The van der Waals surface area contributed by atoms with Gasteiger partial charge in [-0.05, 0) is 112 Å². The summed E-state index contributed by atoms with van der Waals surface area (Å²) in [6.07, 6.45) is 12.0. The van der Waals surface area contributed by atoms with Crippen LogP contribution in [-0.2, 0) is 21.0 Å². The first kappa shape index (κ1) is 30.7. The molecule has 0 amide bonds. The number of phenols is 2. The standard InChI is InChI=1S/C31H48O6S/c1-21(11-13-24-19-25(32)14-15-27(24)33)9-7-10-23(3)28(37-38(34,35)36)20-26-22(2)12-16-29-30(4,5)17-8-18-31(26,29)6/h11-12,14-15,19,23,26,28-29,32-33H,7-10,13,16-18,20H2,1-6H3,(H,34,35,36)/b21-11+/t23-,26+,28-,29+,31-/m1/s1. The molecule has 0 aromatic heterocycles. The first-order chi connectivity index (χ1) is 17.6. The molecular weight excluding hydrogens is 500 g/mol. The Morgan fingerprint density at radius 1 is 1.21 bits per heavy atom. The molecule has 214 valence electrons. The molecule has 6 nitrogen and oxygen atoms in total. The average Bonchev–Trinajstić information content (AvgIpc) is 2.79. The average molecular weight is 549 g/mol. The molecule has 0 unspecified atom stereocenters. The van der Waals surface area contributed by atoms with Gasteiger partial charge in [0, 0.05) is 5.56 Å². The quantitative estimate of drug-likeness (QED) is 0.148. The smallest absolute Gasteiger partial charge is 0.397 e. The molecule has 0 aliphatic heterocycles. The number of phenolic OH excluding ortho intramolecular Hbond substituents is 2. The van der Waals surface area contributed by atoms with Crippen molar-refractivity contribution in [1.29, 1.82) is 0 Å². The fraction of sp³-hybridized carbons (Fsp3) is 0.677. The second kappa shape index (κ2) is 12.1. The van der Waals surface area contributed by atoms with Crippen LogP contribution in [0.2, 0.25) is 0 Å². The SMILES string of the molecule is CC1=CC[C@H]2C(C)(C)CCC[C@]2(C)[C@H]1C[C@@H](OS(=O)(=O)O)[C@H](C)CCC/C(C)=C/Cc1cc(O)ccc1O. The Kier molecular flexibility index (Phi) is 9.81. The van der Waals surface area contributed by atoms with Crippen molar-refractivity contribution in [1.82, 2.24) is 0 Å². The van der Waals surface area contributed by atoms with Gasteiger partial charge >= 0.3 is 10.4 Å². The van der Waals surface area contributed by atoms with Gasteiger partial charge in [-0.25, -0.2) is 4.18 Å². The number of rotatable bonds is 11. The first-order valence-corrected chi connectivity index (χ1v) is 15.5. The Morgan fingerprint density at radius 3 is 2.61 bits per heavy atom. The van der Waals surface area contributed by atoms with Crippen LogP contribution in [0.5, 0.6) is 11.5 Å². The van der Waals surface area contributed by atoms with Crippen LogP contribution in [0.3, 0.4) is 0 Å². The van der Waals surface area contributed by atoms with Gasteiger partial charge in [0.05, 0.1) is 6.10 Å². The second-order valence-corrected chi connectivity index (χ2v) is 13.9. The second-order valence-electron chi connectivity index (χ2n) is 12.9. The summed E-state index contributed by atoms with van der Waals surface area (Å²) in [5.41, 5.74) is 3.47. The summed E-state index contributed by atoms with van der Waals surface area (Å²) in [4.78, 5) is 0. The lowest BCUT2D eigenvalue weighted by atomic mass is 9.48. The lowest BCUT2D eigenvalue weighted by Crippen LogP contribution is -2.49. The molecule has 2 aliphatic rings. The summed E-state index contributed by atoms with van der Waals surface area (Å²) in [7, 11) is -4.57. The predicted molar refractivity (Wildman–Crippen MR) is 152 cm³/mol. The van der Waals surface area contributed by atoms with Gasteiger partial charge in [-0.1, -0.05) is 57.4 Å². The molecule has 1 saturated carbocycles. The summed E-state index contributed by atoms with van der Waals surface area (Å²) in [6.45, 7) is 13.3. The third-order valence-electron chi connectivity index (χ3n) is 9.61. The van der Waals surface area contributed by atoms with Crippen molar-refractivity contribution in [2.24, 2.45) is 28.6 Å². The molecule has 1 fully saturated rings. The first-order valence-electron chi connectivity index (χ1n) is 14.1. The van der Waals surface area contributed by atoms with Crippen molar-refractivity contribution in [2.45, 2.75) is 105 Å². The molecule has 1 aromatic rings. The van der Waals surface area contributed by atoms with Gasteiger partial charge in [0.25, 0.3) is 0 Å². The topological polar surface area (TPSA) is 104 Å². The zero-order valence-electron chi connectivity index (χ0n) is 24.0. The van der Waals surface area contributed by atoms with E-state index in [0.29, 0.717) is 24.3 Å². The largest absolute Gasteiger partial charge is 0.508 e. The van der Waals surface area contributed by atoms with E-state index in [1.807, 2.05) is 19.9 Å². The summed E-state index contributed by atoms with van der Waals surface area (Å²) >= 11 is 0. The monoisotopic (exact) mass is 548 g/mol. The van der Waals surface area contributed by atoms with E-state index in [1.165, 1.54) is 30.5 Å². The highest BCUT2D eigenvalue weighted by atomic mass is 32.3. The lowest BCUT2D eigenvalue weighted by Gasteiger charge is -2.57. The van der Waals surface area contributed by atoms with E-state index in [0.717, 1.165) is 37.7 Å². The van der Waals surface area contributed by atoms with Crippen LogP contribution in [0.4, 0.5) is 0 Å². The van der Waals surface area contributed by atoms with Crippen molar-refractivity contribution in [3.63, 3.8) is 0 Å². The van der Waals surface area contributed by atoms with Crippen LogP contribution in [0.25, 0.3) is 0 Å². The van der Waals surface area contributed by atoms with E-state index in [2.05, 4.69) is 33.8 Å². The fourth-order valence-corrected chi connectivity index (χ4v) is 7.94. The van der Waals surface area contributed by atoms with Crippen LogP contribution in [-0.4, -0.2) is 29.3 Å². The van der Waals surface area contributed by atoms with Crippen LogP contribution in [0.15, 0.2) is 41.5 Å². The molecular formula is C31H48O6S. The molecule has 5 atom stereocenters. The molecule has 0 spiro atoms. The highest BCUT2D eigenvalue weighted by Gasteiger charge is 2.52. The molecule has 0 bridgehead atoms. The van der Waals surface area contributed by atoms with Gasteiger partial charge in [0.15, 0.2) is 0 Å². The number of fused-ring (bicyclic) bond motifs is 1. The summed E-state index contributed by atoms with van der Waals surface area (Å²) in [5, 5.41) is 19.7. The third-order valence-corrected chi connectivity index (χ3v) is 10.1. The maximum absolute atomic E-state index is 11.9. The zero-order chi connectivity index (χ0) is 28.3. The molecule has 0 saturated heterocycles. The molecule has 3 rings (SSSR count). The summed E-state index contributed by atoms with van der Waals surface area (Å²) in [5.74, 6) is 0.996. The van der Waals surface area contributed by atoms with Crippen molar-refractivity contribution in [3.8, 4) is 11.5 Å². The Hall–Kier alpha value is -1.83. The summed E-state index contributed by atoms with van der Waals surface area (Å²) < 4.78 is 38.7. The van der Waals surface area contributed by atoms with Crippen LogP contribution >= 0.6 is 0 Å². The van der Waals surface area contributed by atoms with Crippen LogP contribution in [0, 0.1) is 28.6 Å².